The Morgan fingerprint density at radius 1 is 0.944 bits per heavy atom. The number of nitrogens with two attached hydrogens (primary N) is 1. The lowest BCUT2D eigenvalue weighted by molar-refractivity contribution is 0.378. The monoisotopic (exact) mass is 251 g/mol. The van der Waals surface area contributed by atoms with Crippen LogP contribution in [-0.4, -0.2) is 7.11 Å². The molecule has 0 amide bonds. The first kappa shape index (κ1) is 12.2. The van der Waals surface area contributed by atoms with Crippen LogP contribution in [0.2, 0.25) is 0 Å². The Morgan fingerprint density at radius 2 is 1.56 bits per heavy atom. The largest absolute Gasteiger partial charge is 0.493 e. The highest BCUT2D eigenvalue weighted by molar-refractivity contribution is 5.55. The average Bonchev–Trinajstić information content (AvgIpc) is 2.36. The van der Waals surface area contributed by atoms with Crippen molar-refractivity contribution >= 4 is 5.69 Å². The minimum Gasteiger partial charge on any atom is -0.493 e. The van der Waals surface area contributed by atoms with Gasteiger partial charge in [-0.3, -0.25) is 0 Å². The highest BCUT2D eigenvalue weighted by Gasteiger charge is 2.11. The van der Waals surface area contributed by atoms with Crippen molar-refractivity contribution in [2.45, 2.75) is 0 Å². The number of para-hydroxylation sites is 2. The maximum absolute atomic E-state index is 13.1. The van der Waals surface area contributed by atoms with E-state index in [1.807, 2.05) is 0 Å². The summed E-state index contributed by atoms with van der Waals surface area (Å²) in [6.07, 6.45) is 0. The van der Waals surface area contributed by atoms with Crippen LogP contribution in [-0.2, 0) is 0 Å². The topological polar surface area (TPSA) is 44.5 Å². The molecule has 94 valence electrons. The molecule has 2 aromatic carbocycles. The number of nitrogen functional groups attached to an aromatic ring is 1. The van der Waals surface area contributed by atoms with Crippen molar-refractivity contribution in [3.05, 3.63) is 48.0 Å². The third-order valence-electron chi connectivity index (χ3n) is 2.34. The lowest BCUT2D eigenvalue weighted by Gasteiger charge is -2.11. The van der Waals surface area contributed by atoms with Crippen LogP contribution in [0.3, 0.4) is 0 Å². The third kappa shape index (κ3) is 2.34. The normalized spacial score (nSPS) is 10.2. The van der Waals surface area contributed by atoms with E-state index in [1.54, 1.807) is 24.3 Å². The van der Waals surface area contributed by atoms with Crippen molar-refractivity contribution in [2.75, 3.05) is 12.8 Å². The fourth-order valence-corrected chi connectivity index (χ4v) is 1.45. The Bertz CT molecular complexity index is 573. The minimum atomic E-state index is -1.02. The molecule has 0 bridgehead atoms. The Labute approximate surface area is 103 Å². The zero-order valence-electron chi connectivity index (χ0n) is 9.61. The number of hydrogen-bond donors (Lipinski definition) is 1. The van der Waals surface area contributed by atoms with Crippen molar-refractivity contribution < 1.29 is 18.3 Å². The van der Waals surface area contributed by atoms with Crippen LogP contribution >= 0.6 is 0 Å². The third-order valence-corrected chi connectivity index (χ3v) is 2.34. The zero-order chi connectivity index (χ0) is 13.1. The first-order valence-electron chi connectivity index (χ1n) is 5.17. The molecule has 0 aromatic heterocycles. The molecule has 0 atom stereocenters. The number of anilines is 1. The van der Waals surface area contributed by atoms with Gasteiger partial charge in [0.25, 0.3) is 0 Å². The highest BCUT2D eigenvalue weighted by Crippen LogP contribution is 2.34. The van der Waals surface area contributed by atoms with Gasteiger partial charge in [-0.05, 0) is 12.1 Å². The van der Waals surface area contributed by atoms with Gasteiger partial charge in [-0.1, -0.05) is 12.1 Å². The van der Waals surface area contributed by atoms with E-state index in [2.05, 4.69) is 0 Å². The lowest BCUT2D eigenvalue weighted by atomic mass is 10.2. The number of benzene rings is 2. The van der Waals surface area contributed by atoms with E-state index < -0.39 is 11.6 Å². The van der Waals surface area contributed by atoms with E-state index in [4.69, 9.17) is 15.2 Å². The van der Waals surface area contributed by atoms with Crippen molar-refractivity contribution in [2.24, 2.45) is 0 Å². The van der Waals surface area contributed by atoms with Gasteiger partial charge in [0, 0.05) is 12.1 Å². The molecule has 5 heteroatoms. The fourth-order valence-electron chi connectivity index (χ4n) is 1.45. The molecular weight excluding hydrogens is 240 g/mol. The molecule has 0 unspecified atom stereocenters. The fraction of sp³-hybridized carbons (Fsp3) is 0.0769. The molecule has 0 fully saturated rings. The average molecular weight is 251 g/mol. The van der Waals surface area contributed by atoms with Gasteiger partial charge in [0.05, 0.1) is 12.8 Å². The molecule has 0 aliphatic heterocycles. The molecule has 3 nitrogen and oxygen atoms in total. The molecule has 2 N–H and O–H groups in total. The maximum Gasteiger partial charge on any atom is 0.169 e. The van der Waals surface area contributed by atoms with Gasteiger partial charge < -0.3 is 15.2 Å². The summed E-state index contributed by atoms with van der Waals surface area (Å²) in [7, 11) is 1.48. The van der Waals surface area contributed by atoms with Gasteiger partial charge in [-0.25, -0.2) is 8.78 Å². The lowest BCUT2D eigenvalue weighted by Crippen LogP contribution is -1.97. The molecule has 0 aliphatic rings. The molecular formula is C13H11F2NO2. The van der Waals surface area contributed by atoms with Crippen LogP contribution in [0.25, 0.3) is 0 Å². The molecule has 0 radical (unpaired) electrons. The van der Waals surface area contributed by atoms with Gasteiger partial charge in [0.2, 0.25) is 0 Å². The van der Waals surface area contributed by atoms with Crippen LogP contribution < -0.4 is 15.2 Å². The summed E-state index contributed by atoms with van der Waals surface area (Å²) in [6.45, 7) is 0. The molecule has 0 aliphatic carbocycles. The van der Waals surface area contributed by atoms with Gasteiger partial charge in [-0.15, -0.1) is 0 Å². The molecule has 18 heavy (non-hydrogen) atoms. The van der Waals surface area contributed by atoms with E-state index in [-0.39, 0.29) is 11.4 Å². The van der Waals surface area contributed by atoms with Crippen molar-refractivity contribution in [3.63, 3.8) is 0 Å². The van der Waals surface area contributed by atoms with E-state index in [0.29, 0.717) is 11.5 Å². The van der Waals surface area contributed by atoms with Crippen LogP contribution in [0.4, 0.5) is 14.5 Å². The summed E-state index contributed by atoms with van der Waals surface area (Å²) in [5.74, 6) is -1.15. The second-order valence-electron chi connectivity index (χ2n) is 3.56. The molecule has 0 saturated carbocycles. The van der Waals surface area contributed by atoms with Crippen LogP contribution in [0.1, 0.15) is 0 Å². The first-order chi connectivity index (χ1) is 8.61. The zero-order valence-corrected chi connectivity index (χ0v) is 9.61. The van der Waals surface area contributed by atoms with Gasteiger partial charge >= 0.3 is 0 Å². The smallest absolute Gasteiger partial charge is 0.169 e. The van der Waals surface area contributed by atoms with Crippen molar-refractivity contribution in [1.29, 1.82) is 0 Å². The number of hydrogen-bond acceptors (Lipinski definition) is 3. The predicted octanol–water partition coefficient (Wildman–Crippen LogP) is 3.35. The summed E-state index contributed by atoms with van der Waals surface area (Å²) in [5.41, 5.74) is 5.57. The molecule has 0 spiro atoms. The SMILES string of the molecule is COc1ccccc1Oc1cc(F)c(F)cc1N. The van der Waals surface area contributed by atoms with Gasteiger partial charge in [-0.2, -0.15) is 0 Å². The van der Waals surface area contributed by atoms with Gasteiger partial charge in [0.15, 0.2) is 28.9 Å². The van der Waals surface area contributed by atoms with E-state index >= 15 is 0 Å². The predicted molar refractivity (Wildman–Crippen MR) is 63.8 cm³/mol. The number of methoxy groups -OCH3 is 1. The van der Waals surface area contributed by atoms with Crippen molar-refractivity contribution in [1.82, 2.24) is 0 Å². The molecule has 2 rings (SSSR count). The highest BCUT2D eigenvalue weighted by atomic mass is 19.2. The Balaban J connectivity index is 2.37. The van der Waals surface area contributed by atoms with E-state index in [9.17, 15) is 8.78 Å². The van der Waals surface area contributed by atoms with Crippen molar-refractivity contribution in [3.8, 4) is 17.2 Å². The number of rotatable bonds is 3. The quantitative estimate of drug-likeness (QED) is 0.851. The first-order valence-corrected chi connectivity index (χ1v) is 5.17. The second kappa shape index (κ2) is 4.91. The second-order valence-corrected chi connectivity index (χ2v) is 3.56. The summed E-state index contributed by atoms with van der Waals surface area (Å²) in [5, 5.41) is 0. The molecule has 0 saturated heterocycles. The van der Waals surface area contributed by atoms with Crippen LogP contribution in [0.15, 0.2) is 36.4 Å². The standard InChI is InChI=1S/C13H11F2NO2/c1-17-11-4-2-3-5-12(11)18-13-7-9(15)8(14)6-10(13)16/h2-7H,16H2,1H3. The minimum absolute atomic E-state index is 0.0137. The molecule has 0 heterocycles. The number of ether oxygens (including phenoxy) is 2. The van der Waals surface area contributed by atoms with Gasteiger partial charge in [0.1, 0.15) is 0 Å². The molecule has 2 aromatic rings. The summed E-state index contributed by atoms with van der Waals surface area (Å²) in [6, 6.07) is 8.59. The Hall–Kier alpha value is -2.30. The van der Waals surface area contributed by atoms with Crippen LogP contribution in [0.5, 0.6) is 17.2 Å². The maximum atomic E-state index is 13.1. The Kier molecular flexibility index (Phi) is 3.32. The van der Waals surface area contributed by atoms with E-state index in [0.717, 1.165) is 12.1 Å². The Morgan fingerprint density at radius 3 is 2.22 bits per heavy atom. The summed E-state index contributed by atoms with van der Waals surface area (Å²) in [4.78, 5) is 0. The number of halogens is 2. The van der Waals surface area contributed by atoms with Crippen LogP contribution in [0, 0.1) is 11.6 Å². The summed E-state index contributed by atoms with van der Waals surface area (Å²) < 4.78 is 36.5. The summed E-state index contributed by atoms with van der Waals surface area (Å²) >= 11 is 0. The van der Waals surface area contributed by atoms with E-state index in [1.165, 1.54) is 7.11 Å².